The average Bonchev–Trinajstić information content (AvgIpc) is 2.62. The summed E-state index contributed by atoms with van der Waals surface area (Å²) in [7, 11) is 1.66. The first-order chi connectivity index (χ1) is 12.4. The number of ether oxygens (including phenoxy) is 1. The lowest BCUT2D eigenvalue weighted by atomic mass is 10.2. The van der Waals surface area contributed by atoms with Gasteiger partial charge in [-0.05, 0) is 36.2 Å². The van der Waals surface area contributed by atoms with Crippen LogP contribution in [0.25, 0.3) is 0 Å². The molecule has 9 heteroatoms. The molecule has 1 aromatic heterocycles. The number of aryl methyl sites for hydroxylation is 1. The van der Waals surface area contributed by atoms with Crippen LogP contribution in [-0.2, 0) is 13.1 Å². The molecular formula is C18H22F3IN4O. The van der Waals surface area contributed by atoms with Crippen molar-refractivity contribution >= 4 is 29.9 Å². The molecule has 0 spiro atoms. The van der Waals surface area contributed by atoms with Gasteiger partial charge < -0.3 is 15.4 Å². The first kappa shape index (κ1) is 23.0. The molecule has 0 saturated heterocycles. The number of hydrogen-bond acceptors (Lipinski definition) is 3. The second kappa shape index (κ2) is 11.0. The summed E-state index contributed by atoms with van der Waals surface area (Å²) in [5.74, 6) is 0.784. The van der Waals surface area contributed by atoms with Crippen molar-refractivity contribution in [3.63, 3.8) is 0 Å². The van der Waals surface area contributed by atoms with E-state index < -0.39 is 12.8 Å². The van der Waals surface area contributed by atoms with Crippen LogP contribution in [0.4, 0.5) is 13.2 Å². The first-order valence-corrected chi connectivity index (χ1v) is 8.01. The minimum Gasteiger partial charge on any atom is -0.484 e. The largest absolute Gasteiger partial charge is 0.484 e. The fourth-order valence-corrected chi connectivity index (χ4v) is 2.15. The summed E-state index contributed by atoms with van der Waals surface area (Å²) >= 11 is 0. The molecule has 148 valence electrons. The van der Waals surface area contributed by atoms with Crippen LogP contribution in [0.3, 0.4) is 0 Å². The highest BCUT2D eigenvalue weighted by molar-refractivity contribution is 14.0. The Balaban J connectivity index is 0.00000364. The maximum Gasteiger partial charge on any atom is 0.422 e. The number of nitrogens with one attached hydrogen (secondary N) is 2. The lowest BCUT2D eigenvalue weighted by Crippen LogP contribution is -2.36. The van der Waals surface area contributed by atoms with Crippen LogP contribution in [0.15, 0.2) is 47.6 Å². The smallest absolute Gasteiger partial charge is 0.422 e. The zero-order valence-corrected chi connectivity index (χ0v) is 17.3. The van der Waals surface area contributed by atoms with Crippen molar-refractivity contribution < 1.29 is 17.9 Å². The molecule has 2 N–H and O–H groups in total. The second-order valence-corrected chi connectivity index (χ2v) is 5.59. The SMILES string of the molecule is CN=C(NCc1ccc(OCC(F)(F)F)cc1)NCc1ncccc1C.I. The molecule has 5 nitrogen and oxygen atoms in total. The van der Waals surface area contributed by atoms with Gasteiger partial charge in [0.15, 0.2) is 12.6 Å². The molecule has 0 amide bonds. The Hall–Kier alpha value is -2.04. The number of alkyl halides is 3. The number of aromatic nitrogens is 1. The van der Waals surface area contributed by atoms with Crippen molar-refractivity contribution in [3.05, 3.63) is 59.4 Å². The van der Waals surface area contributed by atoms with E-state index in [0.717, 1.165) is 16.8 Å². The van der Waals surface area contributed by atoms with Crippen molar-refractivity contribution in [3.8, 4) is 5.75 Å². The van der Waals surface area contributed by atoms with Gasteiger partial charge >= 0.3 is 6.18 Å². The number of rotatable bonds is 6. The van der Waals surface area contributed by atoms with E-state index >= 15 is 0 Å². The summed E-state index contributed by atoms with van der Waals surface area (Å²) in [6.07, 6.45) is -2.60. The molecule has 0 unspecified atom stereocenters. The zero-order chi connectivity index (χ0) is 19.0. The predicted molar refractivity (Wildman–Crippen MR) is 109 cm³/mol. The quantitative estimate of drug-likeness (QED) is 0.365. The third-order valence-corrected chi connectivity index (χ3v) is 3.55. The predicted octanol–water partition coefficient (Wildman–Crippen LogP) is 3.81. The number of benzene rings is 1. The van der Waals surface area contributed by atoms with Crippen LogP contribution in [0.1, 0.15) is 16.8 Å². The van der Waals surface area contributed by atoms with Crippen LogP contribution in [0.5, 0.6) is 5.75 Å². The summed E-state index contributed by atoms with van der Waals surface area (Å²) in [4.78, 5) is 8.45. The molecule has 27 heavy (non-hydrogen) atoms. The van der Waals surface area contributed by atoms with Crippen LogP contribution >= 0.6 is 24.0 Å². The number of guanidine groups is 1. The van der Waals surface area contributed by atoms with Gasteiger partial charge in [-0.3, -0.25) is 9.98 Å². The van der Waals surface area contributed by atoms with Gasteiger partial charge in [0.1, 0.15) is 5.75 Å². The summed E-state index contributed by atoms with van der Waals surface area (Å²) in [5, 5.41) is 6.31. The molecule has 0 atom stereocenters. The van der Waals surface area contributed by atoms with Crippen molar-refractivity contribution in [2.45, 2.75) is 26.2 Å². The molecule has 0 aliphatic heterocycles. The number of hydrogen-bond donors (Lipinski definition) is 2. The molecule has 2 aromatic rings. The van der Waals surface area contributed by atoms with E-state index in [0.29, 0.717) is 19.0 Å². The molecular weight excluding hydrogens is 472 g/mol. The number of aliphatic imine (C=N–C) groups is 1. The number of pyridine rings is 1. The van der Waals surface area contributed by atoms with Crippen LogP contribution in [-0.4, -0.2) is 30.8 Å². The average molecular weight is 494 g/mol. The molecule has 0 saturated carbocycles. The van der Waals surface area contributed by atoms with Gasteiger partial charge in [0.2, 0.25) is 0 Å². The lowest BCUT2D eigenvalue weighted by molar-refractivity contribution is -0.153. The normalized spacial score (nSPS) is 11.5. The summed E-state index contributed by atoms with van der Waals surface area (Å²) in [5.41, 5.74) is 2.91. The maximum atomic E-state index is 12.1. The summed E-state index contributed by atoms with van der Waals surface area (Å²) in [6, 6.07) is 10.3. The topological polar surface area (TPSA) is 58.5 Å². The molecule has 1 aromatic carbocycles. The minimum absolute atomic E-state index is 0. The highest BCUT2D eigenvalue weighted by Crippen LogP contribution is 2.18. The Morgan fingerprint density at radius 3 is 2.37 bits per heavy atom. The van der Waals surface area contributed by atoms with Crippen LogP contribution in [0, 0.1) is 6.92 Å². The zero-order valence-electron chi connectivity index (χ0n) is 15.0. The highest BCUT2D eigenvalue weighted by Gasteiger charge is 2.28. The van der Waals surface area contributed by atoms with E-state index in [1.165, 1.54) is 12.1 Å². The number of nitrogens with zero attached hydrogens (tertiary/aromatic N) is 2. The fraction of sp³-hybridized carbons (Fsp3) is 0.333. The van der Waals surface area contributed by atoms with E-state index in [1.54, 1.807) is 25.4 Å². The van der Waals surface area contributed by atoms with E-state index in [2.05, 4.69) is 25.3 Å². The third kappa shape index (κ3) is 8.46. The Morgan fingerprint density at radius 1 is 1.11 bits per heavy atom. The maximum absolute atomic E-state index is 12.1. The molecule has 0 fully saturated rings. The molecule has 0 bridgehead atoms. The molecule has 1 heterocycles. The minimum atomic E-state index is -4.34. The summed E-state index contributed by atoms with van der Waals surface area (Å²) < 4.78 is 41.1. The highest BCUT2D eigenvalue weighted by atomic mass is 127. The number of halogens is 4. The fourth-order valence-electron chi connectivity index (χ4n) is 2.15. The Bertz CT molecular complexity index is 736. The van der Waals surface area contributed by atoms with Crippen molar-refractivity contribution in [1.29, 1.82) is 0 Å². The van der Waals surface area contributed by atoms with Crippen LogP contribution < -0.4 is 15.4 Å². The Labute approximate surface area is 173 Å². The van der Waals surface area contributed by atoms with Gasteiger partial charge in [0.05, 0.1) is 12.2 Å². The Morgan fingerprint density at radius 2 is 1.78 bits per heavy atom. The van der Waals surface area contributed by atoms with Crippen molar-refractivity contribution in [1.82, 2.24) is 15.6 Å². The molecule has 0 aliphatic carbocycles. The third-order valence-electron chi connectivity index (χ3n) is 3.55. The van der Waals surface area contributed by atoms with Gasteiger partial charge in [-0.1, -0.05) is 18.2 Å². The van der Waals surface area contributed by atoms with Gasteiger partial charge in [0, 0.05) is 19.8 Å². The van der Waals surface area contributed by atoms with E-state index in [-0.39, 0.29) is 29.7 Å². The lowest BCUT2D eigenvalue weighted by Gasteiger charge is -2.13. The van der Waals surface area contributed by atoms with Crippen molar-refractivity contribution in [2.75, 3.05) is 13.7 Å². The second-order valence-electron chi connectivity index (χ2n) is 5.59. The van der Waals surface area contributed by atoms with Gasteiger partial charge in [-0.15, -0.1) is 24.0 Å². The summed E-state index contributed by atoms with van der Waals surface area (Å²) in [6.45, 7) is 1.70. The van der Waals surface area contributed by atoms with E-state index in [1.807, 2.05) is 19.1 Å². The van der Waals surface area contributed by atoms with Gasteiger partial charge in [-0.2, -0.15) is 13.2 Å². The van der Waals surface area contributed by atoms with Crippen molar-refractivity contribution in [2.24, 2.45) is 4.99 Å². The van der Waals surface area contributed by atoms with Gasteiger partial charge in [0.25, 0.3) is 0 Å². The first-order valence-electron chi connectivity index (χ1n) is 8.01. The molecule has 2 rings (SSSR count). The standard InChI is InChI=1S/C18H21F3N4O.HI/c1-13-4-3-9-23-16(13)11-25-17(22-2)24-10-14-5-7-15(8-6-14)26-12-18(19,20)21;/h3-9H,10-12H2,1-2H3,(H2,22,24,25);1H. The van der Waals surface area contributed by atoms with Crippen LogP contribution in [0.2, 0.25) is 0 Å². The molecule has 0 radical (unpaired) electrons. The van der Waals surface area contributed by atoms with E-state index in [9.17, 15) is 13.2 Å². The van der Waals surface area contributed by atoms with Gasteiger partial charge in [-0.25, -0.2) is 0 Å². The monoisotopic (exact) mass is 494 g/mol. The van der Waals surface area contributed by atoms with E-state index in [4.69, 9.17) is 0 Å². The molecule has 0 aliphatic rings. The Kier molecular flexibility index (Phi) is 9.33.